The third-order valence-electron chi connectivity index (χ3n) is 4.65. The molecule has 2 aliphatic rings. The van der Waals surface area contributed by atoms with E-state index in [1.54, 1.807) is 0 Å². The smallest absolute Gasteiger partial charge is 0.185 e. The van der Waals surface area contributed by atoms with E-state index in [2.05, 4.69) is 24.2 Å². The van der Waals surface area contributed by atoms with Gasteiger partial charge in [0.1, 0.15) is 0 Å². The minimum Gasteiger partial charge on any atom is -0.348 e. The fraction of sp³-hybridized carbons (Fsp3) is 0.800. The van der Waals surface area contributed by atoms with Crippen molar-refractivity contribution in [2.45, 2.75) is 51.5 Å². The van der Waals surface area contributed by atoms with Crippen molar-refractivity contribution < 1.29 is 0 Å². The summed E-state index contributed by atoms with van der Waals surface area (Å²) in [4.78, 5) is 8.99. The van der Waals surface area contributed by atoms with Crippen molar-refractivity contribution in [3.05, 3.63) is 10.6 Å². The van der Waals surface area contributed by atoms with Crippen LogP contribution in [-0.2, 0) is 6.42 Å². The quantitative estimate of drug-likeness (QED) is 0.895. The van der Waals surface area contributed by atoms with E-state index < -0.39 is 0 Å². The molecule has 1 aromatic heterocycles. The second-order valence-electron chi connectivity index (χ2n) is 5.87. The zero-order chi connectivity index (χ0) is 13.2. The molecule has 1 fully saturated rings. The minimum atomic E-state index is 0.483. The fourth-order valence-corrected chi connectivity index (χ4v) is 4.39. The van der Waals surface area contributed by atoms with Crippen LogP contribution in [0.4, 0.5) is 5.13 Å². The van der Waals surface area contributed by atoms with E-state index in [-0.39, 0.29) is 0 Å². The topological polar surface area (TPSA) is 28.2 Å². The highest BCUT2D eigenvalue weighted by Gasteiger charge is 2.26. The lowest BCUT2D eigenvalue weighted by Crippen LogP contribution is -2.32. The Bertz CT molecular complexity index is 425. The van der Waals surface area contributed by atoms with E-state index in [4.69, 9.17) is 4.98 Å². The van der Waals surface area contributed by atoms with Crippen LogP contribution in [0.5, 0.6) is 0 Å². The SMILES string of the molecule is CCN(CC1CCC1)c1nc2c(s1)CCCC2NC. The molecule has 4 heteroatoms. The molecule has 1 N–H and O–H groups in total. The molecule has 0 bridgehead atoms. The monoisotopic (exact) mass is 279 g/mol. The summed E-state index contributed by atoms with van der Waals surface area (Å²) in [5.74, 6) is 0.918. The highest BCUT2D eigenvalue weighted by atomic mass is 32.1. The van der Waals surface area contributed by atoms with Gasteiger partial charge in [-0.05, 0) is 52.0 Å². The number of anilines is 1. The lowest BCUT2D eigenvalue weighted by molar-refractivity contribution is 0.318. The molecule has 1 unspecified atom stereocenters. The highest BCUT2D eigenvalue weighted by molar-refractivity contribution is 7.15. The number of thiazole rings is 1. The van der Waals surface area contributed by atoms with Gasteiger partial charge in [-0.3, -0.25) is 0 Å². The highest BCUT2D eigenvalue weighted by Crippen LogP contribution is 2.37. The van der Waals surface area contributed by atoms with Crippen LogP contribution >= 0.6 is 11.3 Å². The molecule has 3 nitrogen and oxygen atoms in total. The maximum absolute atomic E-state index is 4.97. The Balaban J connectivity index is 1.77. The Morgan fingerprint density at radius 3 is 2.79 bits per heavy atom. The predicted molar refractivity (Wildman–Crippen MR) is 82.1 cm³/mol. The summed E-state index contributed by atoms with van der Waals surface area (Å²) in [5, 5.41) is 4.68. The van der Waals surface area contributed by atoms with E-state index in [9.17, 15) is 0 Å². The van der Waals surface area contributed by atoms with Crippen LogP contribution < -0.4 is 10.2 Å². The Kier molecular flexibility index (Phi) is 4.08. The summed E-state index contributed by atoms with van der Waals surface area (Å²) < 4.78 is 0. The molecule has 0 aliphatic heterocycles. The summed E-state index contributed by atoms with van der Waals surface area (Å²) in [6, 6.07) is 0.483. The van der Waals surface area contributed by atoms with Crippen LogP contribution in [0.15, 0.2) is 0 Å². The number of fused-ring (bicyclic) bond motifs is 1. The normalized spacial score (nSPS) is 22.9. The molecule has 2 aliphatic carbocycles. The zero-order valence-corrected chi connectivity index (χ0v) is 12.9. The van der Waals surface area contributed by atoms with Gasteiger partial charge in [0.15, 0.2) is 5.13 Å². The van der Waals surface area contributed by atoms with Crippen LogP contribution in [0.2, 0.25) is 0 Å². The van der Waals surface area contributed by atoms with Crippen molar-refractivity contribution >= 4 is 16.5 Å². The molecule has 106 valence electrons. The molecule has 3 rings (SSSR count). The van der Waals surface area contributed by atoms with Gasteiger partial charge in [-0.15, -0.1) is 11.3 Å². The summed E-state index contributed by atoms with van der Waals surface area (Å²) >= 11 is 1.94. The van der Waals surface area contributed by atoms with Gasteiger partial charge in [0.25, 0.3) is 0 Å². The second kappa shape index (κ2) is 5.80. The maximum atomic E-state index is 4.97. The van der Waals surface area contributed by atoms with Crippen molar-refractivity contribution in [1.82, 2.24) is 10.3 Å². The molecule has 1 atom stereocenters. The molecule has 1 saturated carbocycles. The molecule has 1 heterocycles. The van der Waals surface area contributed by atoms with Gasteiger partial charge >= 0.3 is 0 Å². The van der Waals surface area contributed by atoms with E-state index in [1.165, 1.54) is 60.8 Å². The van der Waals surface area contributed by atoms with Crippen molar-refractivity contribution in [2.24, 2.45) is 5.92 Å². The number of hydrogen-bond donors (Lipinski definition) is 1. The number of nitrogens with zero attached hydrogens (tertiary/aromatic N) is 2. The van der Waals surface area contributed by atoms with Crippen molar-refractivity contribution in [3.63, 3.8) is 0 Å². The van der Waals surface area contributed by atoms with Gasteiger partial charge in [-0.25, -0.2) is 4.98 Å². The van der Waals surface area contributed by atoms with E-state index in [0.29, 0.717) is 6.04 Å². The van der Waals surface area contributed by atoms with Gasteiger partial charge < -0.3 is 10.2 Å². The summed E-state index contributed by atoms with van der Waals surface area (Å²) in [7, 11) is 2.06. The van der Waals surface area contributed by atoms with Gasteiger partial charge in [0.05, 0.1) is 11.7 Å². The number of rotatable bonds is 5. The fourth-order valence-electron chi connectivity index (χ4n) is 3.15. The number of nitrogens with one attached hydrogen (secondary N) is 1. The molecular weight excluding hydrogens is 254 g/mol. The van der Waals surface area contributed by atoms with Crippen LogP contribution in [0, 0.1) is 5.92 Å². The van der Waals surface area contributed by atoms with Gasteiger partial charge in [0.2, 0.25) is 0 Å². The van der Waals surface area contributed by atoms with E-state index in [0.717, 1.165) is 12.5 Å². The van der Waals surface area contributed by atoms with Crippen molar-refractivity contribution in [2.75, 3.05) is 25.0 Å². The molecule has 0 spiro atoms. The maximum Gasteiger partial charge on any atom is 0.185 e. The van der Waals surface area contributed by atoms with Gasteiger partial charge in [-0.1, -0.05) is 6.42 Å². The van der Waals surface area contributed by atoms with E-state index in [1.807, 2.05) is 11.3 Å². The van der Waals surface area contributed by atoms with Crippen LogP contribution in [0.1, 0.15) is 55.6 Å². The summed E-state index contributed by atoms with van der Waals surface area (Å²) in [5.41, 5.74) is 1.33. The first kappa shape index (κ1) is 13.4. The largest absolute Gasteiger partial charge is 0.348 e. The average Bonchev–Trinajstić information content (AvgIpc) is 2.81. The Hall–Kier alpha value is -0.610. The zero-order valence-electron chi connectivity index (χ0n) is 12.1. The third-order valence-corrected chi connectivity index (χ3v) is 5.84. The second-order valence-corrected chi connectivity index (χ2v) is 6.94. The van der Waals surface area contributed by atoms with Crippen LogP contribution in [0.25, 0.3) is 0 Å². The molecule has 0 saturated heterocycles. The van der Waals surface area contributed by atoms with Crippen molar-refractivity contribution in [1.29, 1.82) is 0 Å². The van der Waals surface area contributed by atoms with Crippen molar-refractivity contribution in [3.8, 4) is 0 Å². The molecule has 1 aromatic rings. The number of hydrogen-bond acceptors (Lipinski definition) is 4. The van der Waals surface area contributed by atoms with Crippen LogP contribution in [-0.4, -0.2) is 25.1 Å². The van der Waals surface area contributed by atoms with Gasteiger partial charge in [-0.2, -0.15) is 0 Å². The average molecular weight is 279 g/mol. The molecule has 0 aromatic carbocycles. The first-order chi connectivity index (χ1) is 9.31. The van der Waals surface area contributed by atoms with E-state index >= 15 is 0 Å². The first-order valence-corrected chi connectivity index (χ1v) is 8.55. The Morgan fingerprint density at radius 1 is 1.32 bits per heavy atom. The molecule has 0 amide bonds. The van der Waals surface area contributed by atoms with Gasteiger partial charge in [0, 0.05) is 18.0 Å². The standard InChI is InChI=1S/C15H25N3S/c1-3-18(10-11-6-4-7-11)15-17-14-12(16-2)8-5-9-13(14)19-15/h11-12,16H,3-10H2,1-2H3. The summed E-state index contributed by atoms with van der Waals surface area (Å²) in [6.45, 7) is 4.56. The lowest BCUT2D eigenvalue weighted by atomic mass is 9.85. The molecular formula is C15H25N3S. The molecule has 19 heavy (non-hydrogen) atoms. The molecule has 0 radical (unpaired) electrons. The minimum absolute atomic E-state index is 0.483. The number of aryl methyl sites for hydroxylation is 1. The predicted octanol–water partition coefficient (Wildman–Crippen LogP) is 3.37. The van der Waals surface area contributed by atoms with Crippen LogP contribution in [0.3, 0.4) is 0 Å². The Morgan fingerprint density at radius 2 is 2.16 bits per heavy atom. The lowest BCUT2D eigenvalue weighted by Gasteiger charge is -2.31. The summed E-state index contributed by atoms with van der Waals surface area (Å²) in [6.07, 6.45) is 8.03. The first-order valence-electron chi connectivity index (χ1n) is 7.73. The number of aromatic nitrogens is 1. The third kappa shape index (κ3) is 2.65. The Labute approximate surface area is 120 Å².